The molecule has 0 radical (unpaired) electrons. The maximum absolute atomic E-state index is 13.0. The Hall–Kier alpha value is -2.01. The summed E-state index contributed by atoms with van der Waals surface area (Å²) in [6.45, 7) is 2.14. The first kappa shape index (κ1) is 12.4. The number of hydrogen-bond acceptors (Lipinski definition) is 3. The molecule has 0 saturated heterocycles. The highest BCUT2D eigenvalue weighted by Crippen LogP contribution is 2.25. The minimum atomic E-state index is -0.963. The number of pyridine rings is 1. The summed E-state index contributed by atoms with van der Waals surface area (Å²) in [7, 11) is 0. The largest absolute Gasteiger partial charge is 0.439 e. The Kier molecular flexibility index (Phi) is 3.53. The molecule has 1 heterocycles. The van der Waals surface area contributed by atoms with Crippen molar-refractivity contribution in [2.45, 2.75) is 13.5 Å². The van der Waals surface area contributed by atoms with Crippen LogP contribution in [0.2, 0.25) is 0 Å². The summed E-state index contributed by atoms with van der Waals surface area (Å²) in [5.74, 6) is -1.39. The summed E-state index contributed by atoms with van der Waals surface area (Å²) in [4.78, 5) is 4.04. The quantitative estimate of drug-likeness (QED) is 0.911. The standard InChI is InChI=1S/C13H12F2N2O/c1-8-4-5-17-13(10(8)7-16)18-9-2-3-11(14)12(15)6-9/h2-6H,7,16H2,1H3. The van der Waals surface area contributed by atoms with E-state index in [9.17, 15) is 8.78 Å². The van der Waals surface area contributed by atoms with E-state index < -0.39 is 11.6 Å². The van der Waals surface area contributed by atoms with Crippen LogP contribution in [0.5, 0.6) is 11.6 Å². The molecular formula is C13H12F2N2O. The third-order valence-corrected chi connectivity index (χ3v) is 2.56. The van der Waals surface area contributed by atoms with Gasteiger partial charge in [0.15, 0.2) is 11.6 Å². The van der Waals surface area contributed by atoms with Crippen LogP contribution >= 0.6 is 0 Å². The highest BCUT2D eigenvalue weighted by molar-refractivity contribution is 5.37. The van der Waals surface area contributed by atoms with Crippen molar-refractivity contribution < 1.29 is 13.5 Å². The smallest absolute Gasteiger partial charge is 0.223 e. The molecule has 94 valence electrons. The van der Waals surface area contributed by atoms with E-state index in [1.807, 2.05) is 6.92 Å². The average molecular weight is 250 g/mol. The molecule has 3 nitrogen and oxygen atoms in total. The van der Waals surface area contributed by atoms with Crippen LogP contribution in [-0.4, -0.2) is 4.98 Å². The molecule has 0 bridgehead atoms. The second kappa shape index (κ2) is 5.10. The second-order valence-electron chi connectivity index (χ2n) is 3.79. The number of hydrogen-bond donors (Lipinski definition) is 1. The monoisotopic (exact) mass is 250 g/mol. The predicted molar refractivity (Wildman–Crippen MR) is 63.3 cm³/mol. The third-order valence-electron chi connectivity index (χ3n) is 2.56. The number of rotatable bonds is 3. The van der Waals surface area contributed by atoms with Crippen molar-refractivity contribution in [1.29, 1.82) is 0 Å². The molecule has 0 unspecified atom stereocenters. The fourth-order valence-corrected chi connectivity index (χ4v) is 1.55. The van der Waals surface area contributed by atoms with E-state index in [1.165, 1.54) is 6.07 Å². The molecule has 0 fully saturated rings. The van der Waals surface area contributed by atoms with Gasteiger partial charge >= 0.3 is 0 Å². The minimum Gasteiger partial charge on any atom is -0.439 e. The van der Waals surface area contributed by atoms with Crippen molar-refractivity contribution in [2.24, 2.45) is 5.73 Å². The molecule has 2 aromatic rings. The Labute approximate surface area is 103 Å². The molecule has 0 spiro atoms. The number of halogens is 2. The molecule has 0 amide bonds. The zero-order chi connectivity index (χ0) is 13.1. The molecule has 0 aliphatic heterocycles. The van der Waals surface area contributed by atoms with Crippen molar-refractivity contribution >= 4 is 0 Å². The zero-order valence-corrected chi connectivity index (χ0v) is 9.78. The normalized spacial score (nSPS) is 10.4. The molecule has 1 aromatic carbocycles. The Morgan fingerprint density at radius 1 is 1.22 bits per heavy atom. The van der Waals surface area contributed by atoms with Crippen molar-refractivity contribution in [3.63, 3.8) is 0 Å². The maximum atomic E-state index is 13.0. The third kappa shape index (κ3) is 2.46. The van der Waals surface area contributed by atoms with Gasteiger partial charge in [-0.25, -0.2) is 13.8 Å². The molecule has 18 heavy (non-hydrogen) atoms. The molecule has 2 rings (SSSR count). The van der Waals surface area contributed by atoms with Gasteiger partial charge < -0.3 is 10.5 Å². The van der Waals surface area contributed by atoms with Crippen LogP contribution in [0, 0.1) is 18.6 Å². The zero-order valence-electron chi connectivity index (χ0n) is 9.78. The molecule has 0 atom stereocenters. The number of ether oxygens (including phenoxy) is 1. The lowest BCUT2D eigenvalue weighted by molar-refractivity contribution is 0.442. The van der Waals surface area contributed by atoms with Gasteiger partial charge in [0.2, 0.25) is 5.88 Å². The summed E-state index contributed by atoms with van der Waals surface area (Å²) in [5, 5.41) is 0. The number of nitrogens with two attached hydrogens (primary N) is 1. The van der Waals surface area contributed by atoms with Gasteiger partial charge in [-0.05, 0) is 30.7 Å². The SMILES string of the molecule is Cc1ccnc(Oc2ccc(F)c(F)c2)c1CN. The van der Waals surface area contributed by atoms with Crippen LogP contribution < -0.4 is 10.5 Å². The van der Waals surface area contributed by atoms with E-state index >= 15 is 0 Å². The molecule has 0 saturated carbocycles. The lowest BCUT2D eigenvalue weighted by atomic mass is 10.1. The molecule has 0 aliphatic carbocycles. The fraction of sp³-hybridized carbons (Fsp3) is 0.154. The highest BCUT2D eigenvalue weighted by Gasteiger charge is 2.09. The van der Waals surface area contributed by atoms with Gasteiger partial charge in [-0.2, -0.15) is 0 Å². The van der Waals surface area contributed by atoms with Crippen molar-refractivity contribution in [2.75, 3.05) is 0 Å². The topological polar surface area (TPSA) is 48.1 Å². The van der Waals surface area contributed by atoms with Crippen molar-refractivity contribution in [1.82, 2.24) is 4.98 Å². The highest BCUT2D eigenvalue weighted by atomic mass is 19.2. The second-order valence-corrected chi connectivity index (χ2v) is 3.79. The van der Waals surface area contributed by atoms with Crippen LogP contribution in [0.1, 0.15) is 11.1 Å². The molecular weight excluding hydrogens is 238 g/mol. The molecule has 0 aliphatic rings. The summed E-state index contributed by atoms with van der Waals surface area (Å²) in [5.41, 5.74) is 7.28. The average Bonchev–Trinajstić information content (AvgIpc) is 2.34. The first-order valence-electron chi connectivity index (χ1n) is 5.39. The molecule has 1 aromatic heterocycles. The van der Waals surface area contributed by atoms with Crippen LogP contribution in [0.3, 0.4) is 0 Å². The Balaban J connectivity index is 2.34. The first-order valence-corrected chi connectivity index (χ1v) is 5.39. The number of aromatic nitrogens is 1. The van der Waals surface area contributed by atoms with E-state index in [0.29, 0.717) is 5.88 Å². The summed E-state index contributed by atoms with van der Waals surface area (Å²) >= 11 is 0. The first-order chi connectivity index (χ1) is 8.61. The van der Waals surface area contributed by atoms with Crippen LogP contribution in [0.25, 0.3) is 0 Å². The van der Waals surface area contributed by atoms with Gasteiger partial charge in [-0.15, -0.1) is 0 Å². The lowest BCUT2D eigenvalue weighted by Gasteiger charge is -2.10. The van der Waals surface area contributed by atoms with Crippen LogP contribution in [-0.2, 0) is 6.54 Å². The Morgan fingerprint density at radius 2 is 2.00 bits per heavy atom. The fourth-order valence-electron chi connectivity index (χ4n) is 1.55. The van der Waals surface area contributed by atoms with Gasteiger partial charge in [0.05, 0.1) is 0 Å². The predicted octanol–water partition coefficient (Wildman–Crippen LogP) is 2.92. The number of benzene rings is 1. The van der Waals surface area contributed by atoms with Gasteiger partial charge in [-0.1, -0.05) is 0 Å². The lowest BCUT2D eigenvalue weighted by Crippen LogP contribution is -2.03. The summed E-state index contributed by atoms with van der Waals surface area (Å²) in [6, 6.07) is 5.12. The van der Waals surface area contributed by atoms with Crippen molar-refractivity contribution in [3.8, 4) is 11.6 Å². The maximum Gasteiger partial charge on any atom is 0.223 e. The Bertz CT molecular complexity index is 573. The van der Waals surface area contributed by atoms with Gasteiger partial charge in [-0.3, -0.25) is 0 Å². The van der Waals surface area contributed by atoms with E-state index in [4.69, 9.17) is 10.5 Å². The van der Waals surface area contributed by atoms with Crippen molar-refractivity contribution in [3.05, 3.63) is 53.2 Å². The summed E-state index contributed by atoms with van der Waals surface area (Å²) < 4.78 is 31.2. The van der Waals surface area contributed by atoms with E-state index in [-0.39, 0.29) is 12.3 Å². The van der Waals surface area contributed by atoms with E-state index in [0.717, 1.165) is 23.3 Å². The van der Waals surface area contributed by atoms with Crippen LogP contribution in [0.15, 0.2) is 30.5 Å². The summed E-state index contributed by atoms with van der Waals surface area (Å²) in [6.07, 6.45) is 1.57. The van der Waals surface area contributed by atoms with Crippen LogP contribution in [0.4, 0.5) is 8.78 Å². The molecule has 5 heteroatoms. The number of aryl methyl sites for hydroxylation is 1. The molecule has 2 N–H and O–H groups in total. The van der Waals surface area contributed by atoms with Gasteiger partial charge in [0.1, 0.15) is 5.75 Å². The number of nitrogens with zero attached hydrogens (tertiary/aromatic N) is 1. The van der Waals surface area contributed by atoms with E-state index in [2.05, 4.69) is 4.98 Å². The van der Waals surface area contributed by atoms with Gasteiger partial charge in [0, 0.05) is 24.4 Å². The minimum absolute atomic E-state index is 0.182. The van der Waals surface area contributed by atoms with E-state index in [1.54, 1.807) is 12.3 Å². The Morgan fingerprint density at radius 3 is 2.67 bits per heavy atom. The van der Waals surface area contributed by atoms with Gasteiger partial charge in [0.25, 0.3) is 0 Å².